The molecule has 0 saturated carbocycles. The Kier molecular flexibility index (Phi) is 7.17. The molecule has 0 saturated heterocycles. The van der Waals surface area contributed by atoms with Crippen LogP contribution < -0.4 is 10.6 Å². The summed E-state index contributed by atoms with van der Waals surface area (Å²) in [5, 5.41) is 6.67. The maximum atomic E-state index is 13.1. The number of anilines is 1. The number of thiophene rings is 2. The molecule has 3 aromatic rings. The minimum atomic E-state index is -0.596. The lowest BCUT2D eigenvalue weighted by molar-refractivity contribution is 0.00699. The standard InChI is InChI=1S/C28H33N3O3S2/c1-28(2,3)34-26(32)23-19-11-5-7-13-22(19)36-25(23)31-27(33)30-16-20-18-10-4-6-12-21(18)35-24(20)17-9-8-14-29-15-17/h8-9,14-15H,4-7,10-13,16H2,1-3H3,(H2,30,31,33). The number of hydrogen-bond donors (Lipinski definition) is 2. The van der Waals surface area contributed by atoms with Crippen LogP contribution in [0.2, 0.25) is 0 Å². The summed E-state index contributed by atoms with van der Waals surface area (Å²) in [5.41, 5.74) is 4.64. The van der Waals surface area contributed by atoms with Crippen molar-refractivity contribution >= 4 is 39.7 Å². The summed E-state index contributed by atoms with van der Waals surface area (Å²) < 4.78 is 5.71. The number of nitrogens with one attached hydrogen (secondary N) is 2. The Morgan fingerprint density at radius 2 is 1.69 bits per heavy atom. The number of nitrogens with zero attached hydrogens (tertiary/aromatic N) is 1. The van der Waals surface area contributed by atoms with E-state index in [0.29, 0.717) is 17.1 Å². The summed E-state index contributed by atoms with van der Waals surface area (Å²) in [5.74, 6) is -0.358. The summed E-state index contributed by atoms with van der Waals surface area (Å²) in [4.78, 5) is 34.3. The Morgan fingerprint density at radius 1 is 1.00 bits per heavy atom. The second kappa shape index (κ2) is 10.3. The summed E-state index contributed by atoms with van der Waals surface area (Å²) >= 11 is 3.34. The van der Waals surface area contributed by atoms with Gasteiger partial charge in [0, 0.05) is 39.1 Å². The van der Waals surface area contributed by atoms with Gasteiger partial charge in [-0.3, -0.25) is 10.3 Å². The zero-order chi connectivity index (χ0) is 25.3. The SMILES string of the molecule is CC(C)(C)OC(=O)c1c(NC(=O)NCc2c(-c3cccnc3)sc3c2CCCC3)sc2c1CCCC2. The first-order valence-corrected chi connectivity index (χ1v) is 14.4. The van der Waals surface area contributed by atoms with Crippen LogP contribution in [0.1, 0.15) is 83.3 Å². The molecular weight excluding hydrogens is 490 g/mol. The van der Waals surface area contributed by atoms with Gasteiger partial charge in [-0.25, -0.2) is 9.59 Å². The van der Waals surface area contributed by atoms with Gasteiger partial charge in [-0.1, -0.05) is 6.07 Å². The molecule has 190 valence electrons. The summed E-state index contributed by atoms with van der Waals surface area (Å²) in [6.07, 6.45) is 12.1. The molecule has 0 unspecified atom stereocenters. The van der Waals surface area contributed by atoms with Gasteiger partial charge in [0.05, 0.1) is 5.56 Å². The average molecular weight is 524 g/mol. The third kappa shape index (κ3) is 5.34. The Bertz CT molecular complexity index is 1270. The molecule has 0 atom stereocenters. The summed E-state index contributed by atoms with van der Waals surface area (Å²) in [7, 11) is 0. The number of pyridine rings is 1. The highest BCUT2D eigenvalue weighted by atomic mass is 32.1. The van der Waals surface area contributed by atoms with Crippen LogP contribution in [0.15, 0.2) is 24.5 Å². The fourth-order valence-electron chi connectivity index (χ4n) is 5.06. The highest BCUT2D eigenvalue weighted by molar-refractivity contribution is 7.17. The molecular formula is C28H33N3O3S2. The number of aryl methyl sites for hydroxylation is 2. The van der Waals surface area contributed by atoms with Crippen LogP contribution in [-0.4, -0.2) is 22.6 Å². The highest BCUT2D eigenvalue weighted by Gasteiger charge is 2.30. The van der Waals surface area contributed by atoms with Crippen molar-refractivity contribution in [2.75, 3.05) is 5.32 Å². The van der Waals surface area contributed by atoms with Crippen molar-refractivity contribution in [1.29, 1.82) is 0 Å². The number of hydrogen-bond acceptors (Lipinski definition) is 6. The van der Waals surface area contributed by atoms with Gasteiger partial charge in [-0.15, -0.1) is 22.7 Å². The molecule has 0 aliphatic heterocycles. The normalized spacial score (nSPS) is 15.1. The van der Waals surface area contributed by atoms with Crippen molar-refractivity contribution in [2.45, 2.75) is 84.3 Å². The van der Waals surface area contributed by atoms with Gasteiger partial charge in [-0.05, 0) is 94.9 Å². The van der Waals surface area contributed by atoms with Crippen LogP contribution in [0.25, 0.3) is 10.4 Å². The predicted molar refractivity (Wildman–Crippen MR) is 146 cm³/mol. The molecule has 0 aromatic carbocycles. The number of fused-ring (bicyclic) bond motifs is 2. The Labute approximate surface area is 220 Å². The van der Waals surface area contributed by atoms with Gasteiger partial charge in [0.2, 0.25) is 0 Å². The lowest BCUT2D eigenvalue weighted by Gasteiger charge is -2.21. The molecule has 2 amide bonds. The summed E-state index contributed by atoms with van der Waals surface area (Å²) in [6.45, 7) is 6.04. The third-order valence-electron chi connectivity index (χ3n) is 6.63. The fourth-order valence-corrected chi connectivity index (χ4v) is 7.73. The molecule has 5 rings (SSSR count). The number of rotatable bonds is 5. The fraction of sp³-hybridized carbons (Fsp3) is 0.464. The zero-order valence-electron chi connectivity index (χ0n) is 21.2. The third-order valence-corrected chi connectivity index (χ3v) is 9.22. The Hall–Kier alpha value is -2.71. The minimum Gasteiger partial charge on any atom is -0.456 e. The van der Waals surface area contributed by atoms with Gasteiger partial charge in [-0.2, -0.15) is 0 Å². The topological polar surface area (TPSA) is 80.3 Å². The second-order valence-electron chi connectivity index (χ2n) is 10.5. The number of amides is 2. The van der Waals surface area contributed by atoms with E-state index in [4.69, 9.17) is 4.74 Å². The lowest BCUT2D eigenvalue weighted by atomic mass is 9.94. The second-order valence-corrected chi connectivity index (χ2v) is 12.7. The Balaban J connectivity index is 1.37. The molecule has 2 aliphatic rings. The van der Waals surface area contributed by atoms with E-state index in [1.165, 1.54) is 49.9 Å². The Morgan fingerprint density at radius 3 is 2.39 bits per heavy atom. The van der Waals surface area contributed by atoms with E-state index in [-0.39, 0.29) is 12.0 Å². The van der Waals surface area contributed by atoms with Crippen molar-refractivity contribution in [3.05, 3.63) is 56.5 Å². The molecule has 0 radical (unpaired) electrons. The van der Waals surface area contributed by atoms with E-state index < -0.39 is 5.60 Å². The quantitative estimate of drug-likeness (QED) is 0.356. The first-order valence-electron chi connectivity index (χ1n) is 12.8. The molecule has 0 spiro atoms. The lowest BCUT2D eigenvalue weighted by Crippen LogP contribution is -2.30. The molecule has 0 bridgehead atoms. The van der Waals surface area contributed by atoms with Crippen LogP contribution >= 0.6 is 22.7 Å². The smallest absolute Gasteiger partial charge is 0.341 e. The van der Waals surface area contributed by atoms with Crippen molar-refractivity contribution in [1.82, 2.24) is 10.3 Å². The van der Waals surface area contributed by atoms with E-state index in [1.54, 1.807) is 6.20 Å². The van der Waals surface area contributed by atoms with Gasteiger partial charge >= 0.3 is 12.0 Å². The van der Waals surface area contributed by atoms with E-state index >= 15 is 0 Å². The van der Waals surface area contributed by atoms with Crippen molar-refractivity contribution in [2.24, 2.45) is 0 Å². The molecule has 2 N–H and O–H groups in total. The van der Waals surface area contributed by atoms with Gasteiger partial charge in [0.1, 0.15) is 10.6 Å². The maximum absolute atomic E-state index is 13.1. The number of esters is 1. The van der Waals surface area contributed by atoms with Crippen LogP contribution in [-0.2, 0) is 37.0 Å². The number of carbonyl (C=O) groups excluding carboxylic acids is 2. The van der Waals surface area contributed by atoms with Gasteiger partial charge in [0.25, 0.3) is 0 Å². The first-order chi connectivity index (χ1) is 17.3. The number of ether oxygens (including phenoxy) is 1. The molecule has 3 aromatic heterocycles. The van der Waals surface area contributed by atoms with E-state index in [9.17, 15) is 9.59 Å². The van der Waals surface area contributed by atoms with Gasteiger partial charge < -0.3 is 10.1 Å². The maximum Gasteiger partial charge on any atom is 0.341 e. The van der Waals surface area contributed by atoms with Crippen LogP contribution in [0.4, 0.5) is 9.80 Å². The highest BCUT2D eigenvalue weighted by Crippen LogP contribution is 2.41. The molecule has 6 nitrogen and oxygen atoms in total. The largest absolute Gasteiger partial charge is 0.456 e. The van der Waals surface area contributed by atoms with Crippen molar-refractivity contribution in [3.8, 4) is 10.4 Å². The monoisotopic (exact) mass is 523 g/mol. The molecule has 2 aliphatic carbocycles. The van der Waals surface area contributed by atoms with E-state index in [1.807, 2.05) is 44.4 Å². The summed E-state index contributed by atoms with van der Waals surface area (Å²) in [6, 6.07) is 3.73. The van der Waals surface area contributed by atoms with Crippen LogP contribution in [0.5, 0.6) is 0 Å². The molecule has 0 fully saturated rings. The predicted octanol–water partition coefficient (Wildman–Crippen LogP) is 6.91. The van der Waals surface area contributed by atoms with Crippen LogP contribution in [0.3, 0.4) is 0 Å². The molecule has 8 heteroatoms. The molecule has 36 heavy (non-hydrogen) atoms. The number of carbonyl (C=O) groups is 2. The number of urea groups is 1. The molecule has 3 heterocycles. The average Bonchev–Trinajstić information content (AvgIpc) is 3.40. The van der Waals surface area contributed by atoms with Crippen LogP contribution in [0, 0.1) is 0 Å². The zero-order valence-corrected chi connectivity index (χ0v) is 22.8. The van der Waals surface area contributed by atoms with Crippen molar-refractivity contribution < 1.29 is 14.3 Å². The van der Waals surface area contributed by atoms with E-state index in [2.05, 4.69) is 21.7 Å². The number of aromatic nitrogens is 1. The van der Waals surface area contributed by atoms with E-state index in [0.717, 1.165) is 49.7 Å². The van der Waals surface area contributed by atoms with Crippen molar-refractivity contribution in [3.63, 3.8) is 0 Å². The first kappa shape index (κ1) is 25.0. The van der Waals surface area contributed by atoms with Gasteiger partial charge in [0.15, 0.2) is 0 Å². The minimum absolute atomic E-state index is 0.300.